The maximum atomic E-state index is 14.9. The first kappa shape index (κ1) is 38.1. The molecule has 3 aromatic rings. The van der Waals surface area contributed by atoms with E-state index in [1.165, 1.54) is 9.80 Å². The van der Waals surface area contributed by atoms with Crippen LogP contribution >= 0.6 is 11.3 Å². The topological polar surface area (TPSA) is 86.5 Å². The maximum Gasteiger partial charge on any atom is 0.425 e. The molecule has 14 heteroatoms. The number of piperidine rings is 2. The summed E-state index contributed by atoms with van der Waals surface area (Å²) in [6.45, 7) is 4.12. The monoisotopic (exact) mass is 734 g/mol. The Labute approximate surface area is 297 Å². The van der Waals surface area contributed by atoms with Gasteiger partial charge in [-0.1, -0.05) is 51.0 Å². The molecule has 0 spiro atoms. The Morgan fingerprint density at radius 3 is 2.37 bits per heavy atom. The quantitative estimate of drug-likeness (QED) is 0.195. The number of halogens is 6. The fourth-order valence-electron chi connectivity index (χ4n) is 7.47. The van der Waals surface area contributed by atoms with Crippen molar-refractivity contribution < 1.29 is 40.7 Å². The fourth-order valence-corrected chi connectivity index (χ4v) is 8.15. The first-order valence-electron chi connectivity index (χ1n) is 17.2. The SMILES string of the molecule is CCCCc1ccccc1C1(C#N)CCN(C(=O)[C@]2(Oc3csc(C(F)(F)F)c3)CCCN(C(=O)c3cnccc3C(F)(F)F)[C@@H]2CCC)CC1. The van der Waals surface area contributed by atoms with Gasteiger partial charge in [0, 0.05) is 49.9 Å². The molecular weight excluding hydrogens is 694 g/mol. The van der Waals surface area contributed by atoms with Gasteiger partial charge in [-0.15, -0.1) is 11.3 Å². The summed E-state index contributed by atoms with van der Waals surface area (Å²) in [6, 6.07) is 10.7. The second-order valence-corrected chi connectivity index (χ2v) is 14.1. The minimum atomic E-state index is -4.87. The zero-order valence-corrected chi connectivity index (χ0v) is 29.3. The van der Waals surface area contributed by atoms with Crippen LogP contribution in [0.5, 0.6) is 5.75 Å². The minimum Gasteiger partial charge on any atom is -0.474 e. The molecule has 51 heavy (non-hydrogen) atoms. The molecule has 5 rings (SSSR count). The highest BCUT2D eigenvalue weighted by molar-refractivity contribution is 7.10. The maximum absolute atomic E-state index is 14.9. The third-order valence-electron chi connectivity index (χ3n) is 10.0. The first-order chi connectivity index (χ1) is 24.2. The van der Waals surface area contributed by atoms with E-state index in [0.717, 1.165) is 54.2 Å². The number of ether oxygens (including phenoxy) is 1. The number of rotatable bonds is 10. The Bertz CT molecular complexity index is 1740. The molecule has 1 aromatic carbocycles. The normalized spacial score (nSPS) is 20.9. The van der Waals surface area contributed by atoms with Gasteiger partial charge >= 0.3 is 12.4 Å². The number of thiophene rings is 1. The van der Waals surface area contributed by atoms with Crippen LogP contribution in [0.15, 0.2) is 54.2 Å². The second-order valence-electron chi connectivity index (χ2n) is 13.2. The van der Waals surface area contributed by atoms with Gasteiger partial charge < -0.3 is 14.5 Å². The average Bonchev–Trinajstić information content (AvgIpc) is 3.60. The Kier molecular flexibility index (Phi) is 11.4. The molecule has 4 heterocycles. The number of aryl methyl sites for hydroxylation is 1. The van der Waals surface area contributed by atoms with Crippen molar-refractivity contribution in [3.05, 3.63) is 81.3 Å². The third-order valence-corrected chi connectivity index (χ3v) is 11.0. The van der Waals surface area contributed by atoms with Gasteiger partial charge in [0.15, 0.2) is 0 Å². The largest absolute Gasteiger partial charge is 0.474 e. The summed E-state index contributed by atoms with van der Waals surface area (Å²) in [7, 11) is 0. The number of alkyl halides is 6. The molecular formula is C37H40F6N4O3S. The summed E-state index contributed by atoms with van der Waals surface area (Å²) >= 11 is 0.397. The molecule has 7 nitrogen and oxygen atoms in total. The molecule has 2 aliphatic heterocycles. The van der Waals surface area contributed by atoms with Crippen LogP contribution in [0.1, 0.15) is 97.1 Å². The number of hydrogen-bond acceptors (Lipinski definition) is 6. The van der Waals surface area contributed by atoms with E-state index in [1.54, 1.807) is 6.92 Å². The highest BCUT2D eigenvalue weighted by atomic mass is 32.1. The van der Waals surface area contributed by atoms with Crippen LogP contribution in [0.2, 0.25) is 0 Å². The Balaban J connectivity index is 1.54. The lowest BCUT2D eigenvalue weighted by Crippen LogP contribution is -2.68. The van der Waals surface area contributed by atoms with E-state index >= 15 is 0 Å². The number of unbranched alkanes of at least 4 members (excludes halogenated alkanes) is 1. The van der Waals surface area contributed by atoms with Crippen molar-refractivity contribution in [1.29, 1.82) is 5.26 Å². The predicted molar refractivity (Wildman–Crippen MR) is 179 cm³/mol. The van der Waals surface area contributed by atoms with Gasteiger partial charge in [0.2, 0.25) is 5.60 Å². The molecule has 0 unspecified atom stereocenters. The van der Waals surface area contributed by atoms with Crippen LogP contribution in [-0.4, -0.2) is 57.9 Å². The molecule has 2 amide bonds. The highest BCUT2D eigenvalue weighted by Gasteiger charge is 2.56. The summed E-state index contributed by atoms with van der Waals surface area (Å²) in [6.07, 6.45) is -3.82. The Hall–Kier alpha value is -4.12. The van der Waals surface area contributed by atoms with Gasteiger partial charge in [-0.2, -0.15) is 31.6 Å². The molecule has 0 N–H and O–H groups in total. The molecule has 2 aromatic heterocycles. The van der Waals surface area contributed by atoms with E-state index in [1.807, 2.05) is 24.3 Å². The number of aromatic nitrogens is 1. The molecule has 2 saturated heterocycles. The van der Waals surface area contributed by atoms with Crippen molar-refractivity contribution >= 4 is 23.2 Å². The summed E-state index contributed by atoms with van der Waals surface area (Å²) in [4.78, 5) is 34.5. The van der Waals surface area contributed by atoms with E-state index < -0.39 is 57.2 Å². The number of benzene rings is 1. The van der Waals surface area contributed by atoms with Gasteiger partial charge in [0.25, 0.3) is 11.8 Å². The fraction of sp³-hybridized carbons (Fsp3) is 0.514. The van der Waals surface area contributed by atoms with Crippen LogP contribution in [-0.2, 0) is 29.0 Å². The van der Waals surface area contributed by atoms with E-state index in [-0.39, 0.29) is 57.5 Å². The number of likely N-dealkylation sites (tertiary alicyclic amines) is 2. The van der Waals surface area contributed by atoms with Gasteiger partial charge in [-0.25, -0.2) is 0 Å². The van der Waals surface area contributed by atoms with E-state index in [0.29, 0.717) is 23.8 Å². The standard InChI is InChI=1S/C37H40F6N4O3S/c1-3-5-10-25-11-6-7-12-28(25)34(24-44)15-19-46(20-16-34)33(49)35(50-26-21-31(51-23-26)37(41,42)43)14-8-18-47(30(35)9-4-2)32(48)27-22-45-17-13-29(27)36(38,39)40/h6-7,11-13,17,21-23,30H,3-5,8-10,14-16,18-20H2,1-2H3/t30-,35+/m1/s1. The van der Waals surface area contributed by atoms with Crippen LogP contribution in [0.25, 0.3) is 0 Å². The number of carbonyl (C=O) groups excluding carboxylic acids is 2. The second kappa shape index (κ2) is 15.2. The zero-order valence-electron chi connectivity index (χ0n) is 28.4. The van der Waals surface area contributed by atoms with Crippen LogP contribution in [0.4, 0.5) is 26.3 Å². The van der Waals surface area contributed by atoms with Gasteiger partial charge in [-0.3, -0.25) is 14.6 Å². The summed E-state index contributed by atoms with van der Waals surface area (Å²) in [5.74, 6) is -1.80. The zero-order chi connectivity index (χ0) is 37.0. The summed E-state index contributed by atoms with van der Waals surface area (Å²) in [5.41, 5.74) is -2.70. The lowest BCUT2D eigenvalue weighted by atomic mass is 9.71. The first-order valence-corrected chi connectivity index (χ1v) is 18.0. The van der Waals surface area contributed by atoms with Crippen molar-refractivity contribution in [2.24, 2.45) is 0 Å². The summed E-state index contributed by atoms with van der Waals surface area (Å²) in [5, 5.41) is 11.7. The lowest BCUT2D eigenvalue weighted by Gasteiger charge is -2.51. The molecule has 2 aliphatic rings. The molecule has 0 bridgehead atoms. The Morgan fingerprint density at radius 1 is 1.02 bits per heavy atom. The molecule has 274 valence electrons. The van der Waals surface area contributed by atoms with Crippen molar-refractivity contribution in [2.75, 3.05) is 19.6 Å². The van der Waals surface area contributed by atoms with Crippen LogP contribution in [0.3, 0.4) is 0 Å². The van der Waals surface area contributed by atoms with E-state index in [2.05, 4.69) is 18.0 Å². The van der Waals surface area contributed by atoms with Crippen molar-refractivity contribution in [1.82, 2.24) is 14.8 Å². The lowest BCUT2D eigenvalue weighted by molar-refractivity contribution is -0.160. The van der Waals surface area contributed by atoms with Crippen molar-refractivity contribution in [3.63, 3.8) is 0 Å². The number of pyridine rings is 1. The van der Waals surface area contributed by atoms with E-state index in [4.69, 9.17) is 4.74 Å². The van der Waals surface area contributed by atoms with Crippen LogP contribution in [0, 0.1) is 11.3 Å². The molecule has 2 fully saturated rings. The van der Waals surface area contributed by atoms with E-state index in [9.17, 15) is 41.2 Å². The number of hydrogen-bond donors (Lipinski definition) is 0. The average molecular weight is 735 g/mol. The van der Waals surface area contributed by atoms with Crippen molar-refractivity contribution in [3.8, 4) is 11.8 Å². The summed E-state index contributed by atoms with van der Waals surface area (Å²) < 4.78 is 89.4. The molecule has 0 saturated carbocycles. The van der Waals surface area contributed by atoms with Crippen molar-refractivity contribution in [2.45, 2.75) is 101 Å². The predicted octanol–water partition coefficient (Wildman–Crippen LogP) is 8.83. The number of nitrogens with zero attached hydrogens (tertiary/aromatic N) is 4. The minimum absolute atomic E-state index is 0.00237. The molecule has 2 atom stereocenters. The molecule has 0 radical (unpaired) electrons. The smallest absolute Gasteiger partial charge is 0.425 e. The number of amides is 2. The van der Waals surface area contributed by atoms with Crippen LogP contribution < -0.4 is 4.74 Å². The number of carbonyl (C=O) groups is 2. The van der Waals surface area contributed by atoms with Gasteiger partial charge in [-0.05, 0) is 55.7 Å². The van der Waals surface area contributed by atoms with Gasteiger partial charge in [0.05, 0.1) is 28.7 Å². The number of nitriles is 1. The Morgan fingerprint density at radius 2 is 1.75 bits per heavy atom. The van der Waals surface area contributed by atoms with Gasteiger partial charge in [0.1, 0.15) is 10.6 Å². The third kappa shape index (κ3) is 7.73. The molecule has 0 aliphatic carbocycles. The highest BCUT2D eigenvalue weighted by Crippen LogP contribution is 2.44.